The van der Waals surface area contributed by atoms with Crippen LogP contribution in [0.15, 0.2) is 35.8 Å². The molecule has 0 aliphatic carbocycles. The van der Waals surface area contributed by atoms with Crippen molar-refractivity contribution >= 4 is 46.1 Å². The highest BCUT2D eigenvalue weighted by atomic mass is 32.2. The summed E-state index contributed by atoms with van der Waals surface area (Å²) in [4.78, 5) is 30.6. The van der Waals surface area contributed by atoms with Crippen molar-refractivity contribution in [2.75, 3.05) is 38.1 Å². The number of pyridine rings is 1. The third-order valence-corrected chi connectivity index (χ3v) is 5.82. The van der Waals surface area contributed by atoms with E-state index in [-0.39, 0.29) is 5.91 Å². The van der Waals surface area contributed by atoms with Gasteiger partial charge in [0.25, 0.3) is 5.91 Å². The molecule has 0 atom stereocenters. The second-order valence-electron chi connectivity index (χ2n) is 6.77. The lowest BCUT2D eigenvalue weighted by atomic mass is 10.1. The summed E-state index contributed by atoms with van der Waals surface area (Å²) in [6.07, 6.45) is 9.93. The van der Waals surface area contributed by atoms with Crippen molar-refractivity contribution in [3.63, 3.8) is 0 Å². The van der Waals surface area contributed by atoms with E-state index in [4.69, 9.17) is 17.2 Å². The minimum absolute atomic E-state index is 0.173. The largest absolute Gasteiger partial charge is 0.354 e. The van der Waals surface area contributed by atoms with E-state index in [0.29, 0.717) is 9.23 Å². The molecule has 2 aliphatic rings. The van der Waals surface area contributed by atoms with Crippen LogP contribution in [0.5, 0.6) is 0 Å². The molecule has 0 radical (unpaired) electrons. The van der Waals surface area contributed by atoms with Crippen LogP contribution in [0, 0.1) is 0 Å². The van der Waals surface area contributed by atoms with Gasteiger partial charge in [-0.15, -0.1) is 0 Å². The Morgan fingerprint density at radius 3 is 2.82 bits per heavy atom. The number of nitrogens with one attached hydrogen (secondary N) is 1. The second kappa shape index (κ2) is 8.34. The van der Waals surface area contributed by atoms with Gasteiger partial charge < -0.3 is 15.1 Å². The third kappa shape index (κ3) is 4.37. The number of hydrogen-bond donors (Lipinski definition) is 1. The van der Waals surface area contributed by atoms with Crippen LogP contribution in [0.2, 0.25) is 0 Å². The molecule has 2 fully saturated rings. The van der Waals surface area contributed by atoms with Crippen molar-refractivity contribution in [3.05, 3.63) is 41.3 Å². The topological polar surface area (TPSA) is 74.2 Å². The van der Waals surface area contributed by atoms with E-state index in [1.165, 1.54) is 11.8 Å². The first-order valence-electron chi connectivity index (χ1n) is 9.04. The number of likely N-dealkylation sites (N-methyl/N-ethyl adjacent to an activating group) is 1. The van der Waals surface area contributed by atoms with Gasteiger partial charge in [0, 0.05) is 37.6 Å². The number of aromatic nitrogens is 3. The van der Waals surface area contributed by atoms with Crippen molar-refractivity contribution in [3.8, 4) is 11.3 Å². The van der Waals surface area contributed by atoms with Crippen molar-refractivity contribution in [2.24, 2.45) is 0 Å². The van der Waals surface area contributed by atoms with E-state index in [0.717, 1.165) is 55.2 Å². The molecule has 144 valence electrons. The van der Waals surface area contributed by atoms with Gasteiger partial charge in [-0.25, -0.2) is 4.98 Å². The SMILES string of the molecule is CN1CCCN(c2cncc(-c3cncc(/C=C4\SC(=S)NC4=O)c3)n2)CC1. The Labute approximate surface area is 173 Å². The van der Waals surface area contributed by atoms with Crippen LogP contribution in [0.25, 0.3) is 17.3 Å². The molecule has 1 amide bonds. The number of anilines is 1. The van der Waals surface area contributed by atoms with Gasteiger partial charge in [0.05, 0.1) is 23.0 Å². The number of nitrogens with zero attached hydrogens (tertiary/aromatic N) is 5. The van der Waals surface area contributed by atoms with Gasteiger partial charge in [-0.05, 0) is 37.7 Å². The van der Waals surface area contributed by atoms with Crippen LogP contribution in [0.4, 0.5) is 5.82 Å². The molecule has 7 nitrogen and oxygen atoms in total. The molecule has 2 aromatic rings. The minimum Gasteiger partial charge on any atom is -0.354 e. The van der Waals surface area contributed by atoms with Gasteiger partial charge in [-0.2, -0.15) is 0 Å². The Bertz CT molecular complexity index is 948. The fraction of sp³-hybridized carbons (Fsp3) is 0.316. The molecule has 4 rings (SSSR count). The maximum Gasteiger partial charge on any atom is 0.263 e. The molecule has 2 aliphatic heterocycles. The van der Waals surface area contributed by atoms with E-state index in [1.54, 1.807) is 24.7 Å². The predicted molar refractivity (Wildman–Crippen MR) is 116 cm³/mol. The standard InChI is InChI=1S/C19H20N6OS2/c1-24-3-2-4-25(6-5-24)17-12-21-11-15(22-17)14-7-13(9-20-10-14)8-16-18(26)23-19(27)28-16/h7-12H,2-6H2,1H3,(H,23,26,27)/b16-8-. The lowest BCUT2D eigenvalue weighted by Gasteiger charge is -2.21. The molecular weight excluding hydrogens is 392 g/mol. The fourth-order valence-electron chi connectivity index (χ4n) is 3.17. The van der Waals surface area contributed by atoms with E-state index in [9.17, 15) is 4.79 Å². The molecular formula is C19H20N6OS2. The molecule has 0 aromatic carbocycles. The van der Waals surface area contributed by atoms with Crippen molar-refractivity contribution in [1.82, 2.24) is 25.2 Å². The average molecular weight is 413 g/mol. The molecule has 0 spiro atoms. The molecule has 0 unspecified atom stereocenters. The summed E-state index contributed by atoms with van der Waals surface area (Å²) < 4.78 is 0.474. The van der Waals surface area contributed by atoms with Crippen molar-refractivity contribution in [1.29, 1.82) is 0 Å². The number of thioether (sulfide) groups is 1. The number of hydrogen-bond acceptors (Lipinski definition) is 8. The monoisotopic (exact) mass is 412 g/mol. The van der Waals surface area contributed by atoms with E-state index >= 15 is 0 Å². The summed E-state index contributed by atoms with van der Waals surface area (Å²) in [5, 5.41) is 2.62. The molecule has 4 heterocycles. The summed E-state index contributed by atoms with van der Waals surface area (Å²) in [6, 6.07) is 1.96. The van der Waals surface area contributed by atoms with Crippen LogP contribution in [0.3, 0.4) is 0 Å². The summed E-state index contributed by atoms with van der Waals surface area (Å²) >= 11 is 6.29. The maximum atomic E-state index is 11.9. The molecule has 1 N–H and O–H groups in total. The van der Waals surface area contributed by atoms with Gasteiger partial charge in [-0.3, -0.25) is 14.8 Å². The number of carbonyl (C=O) groups excluding carboxylic acids is 1. The highest BCUT2D eigenvalue weighted by Crippen LogP contribution is 2.27. The van der Waals surface area contributed by atoms with Gasteiger partial charge in [0.1, 0.15) is 10.1 Å². The van der Waals surface area contributed by atoms with E-state index < -0.39 is 0 Å². The quantitative estimate of drug-likeness (QED) is 0.607. The second-order valence-corrected chi connectivity index (χ2v) is 8.48. The Morgan fingerprint density at radius 2 is 2.00 bits per heavy atom. The van der Waals surface area contributed by atoms with Crippen LogP contribution in [-0.4, -0.2) is 63.3 Å². The van der Waals surface area contributed by atoms with E-state index in [1.807, 2.05) is 12.3 Å². The molecule has 2 aromatic heterocycles. The summed E-state index contributed by atoms with van der Waals surface area (Å²) in [7, 11) is 2.15. The zero-order chi connectivity index (χ0) is 19.5. The first kappa shape index (κ1) is 19.0. The zero-order valence-electron chi connectivity index (χ0n) is 15.5. The normalized spacial score (nSPS) is 19.8. The summed E-state index contributed by atoms with van der Waals surface area (Å²) in [5.74, 6) is 0.709. The van der Waals surface area contributed by atoms with Crippen LogP contribution in [0.1, 0.15) is 12.0 Å². The van der Waals surface area contributed by atoms with Crippen molar-refractivity contribution in [2.45, 2.75) is 6.42 Å². The van der Waals surface area contributed by atoms with Crippen molar-refractivity contribution < 1.29 is 4.79 Å². The smallest absolute Gasteiger partial charge is 0.263 e. The van der Waals surface area contributed by atoms with Gasteiger partial charge in [0.15, 0.2) is 0 Å². The highest BCUT2D eigenvalue weighted by molar-refractivity contribution is 8.26. The molecule has 9 heteroatoms. The number of carbonyl (C=O) groups is 1. The summed E-state index contributed by atoms with van der Waals surface area (Å²) in [6.45, 7) is 4.02. The number of rotatable bonds is 3. The molecule has 2 saturated heterocycles. The third-order valence-electron chi connectivity index (χ3n) is 4.66. The highest BCUT2D eigenvalue weighted by Gasteiger charge is 2.22. The Balaban J connectivity index is 1.59. The Morgan fingerprint density at radius 1 is 1.14 bits per heavy atom. The molecule has 0 saturated carbocycles. The Kier molecular flexibility index (Phi) is 5.65. The van der Waals surface area contributed by atoms with Gasteiger partial charge in [0.2, 0.25) is 0 Å². The maximum absolute atomic E-state index is 11.9. The summed E-state index contributed by atoms with van der Waals surface area (Å²) in [5.41, 5.74) is 2.45. The zero-order valence-corrected chi connectivity index (χ0v) is 17.1. The van der Waals surface area contributed by atoms with Crippen LogP contribution in [-0.2, 0) is 4.79 Å². The molecule has 28 heavy (non-hydrogen) atoms. The predicted octanol–water partition coefficient (Wildman–Crippen LogP) is 2.17. The van der Waals surface area contributed by atoms with Crippen LogP contribution < -0.4 is 10.2 Å². The average Bonchev–Trinajstić information content (AvgIpc) is 2.88. The van der Waals surface area contributed by atoms with E-state index in [2.05, 4.69) is 32.1 Å². The minimum atomic E-state index is -0.173. The first-order chi connectivity index (χ1) is 13.6. The number of amides is 1. The van der Waals surface area contributed by atoms with Crippen LogP contribution >= 0.6 is 24.0 Å². The fourth-order valence-corrected chi connectivity index (χ4v) is 4.22. The number of thiocarbonyl (C=S) groups is 1. The lowest BCUT2D eigenvalue weighted by Crippen LogP contribution is -2.29. The van der Waals surface area contributed by atoms with Gasteiger partial charge >= 0.3 is 0 Å². The van der Waals surface area contributed by atoms with Gasteiger partial charge in [-0.1, -0.05) is 24.0 Å². The first-order valence-corrected chi connectivity index (χ1v) is 10.3. The molecule has 0 bridgehead atoms. The Hall–Kier alpha value is -2.36. The lowest BCUT2D eigenvalue weighted by molar-refractivity contribution is -0.115.